The summed E-state index contributed by atoms with van der Waals surface area (Å²) in [5.74, 6) is 0.861. The standard InChI is InChI=1S/C16H25N5OS/c1-13-12-21-15(17-13)23-16(18-21)20-6-3-14(4-7-20)2-5-19-8-10-22-11-9-19/h12,14H,2-11H2,1H3. The zero-order valence-electron chi connectivity index (χ0n) is 13.8. The molecule has 0 N–H and O–H groups in total. The Balaban J connectivity index is 1.27. The molecule has 2 aliphatic heterocycles. The van der Waals surface area contributed by atoms with Crippen LogP contribution in [0.15, 0.2) is 6.20 Å². The van der Waals surface area contributed by atoms with Gasteiger partial charge in [0.2, 0.25) is 10.1 Å². The molecule has 2 aromatic heterocycles. The predicted octanol–water partition coefficient (Wildman–Crippen LogP) is 2.04. The van der Waals surface area contributed by atoms with Crippen molar-refractivity contribution in [1.82, 2.24) is 19.5 Å². The van der Waals surface area contributed by atoms with E-state index in [-0.39, 0.29) is 0 Å². The van der Waals surface area contributed by atoms with Gasteiger partial charge in [-0.1, -0.05) is 11.3 Å². The van der Waals surface area contributed by atoms with Crippen LogP contribution >= 0.6 is 11.3 Å². The van der Waals surface area contributed by atoms with Gasteiger partial charge >= 0.3 is 0 Å². The van der Waals surface area contributed by atoms with Crippen molar-refractivity contribution in [2.75, 3.05) is 50.8 Å². The highest BCUT2D eigenvalue weighted by Crippen LogP contribution is 2.28. The highest BCUT2D eigenvalue weighted by atomic mass is 32.1. The fourth-order valence-corrected chi connectivity index (χ4v) is 4.51. The average Bonchev–Trinajstić information content (AvgIpc) is 3.12. The van der Waals surface area contributed by atoms with Crippen LogP contribution in [0.3, 0.4) is 0 Å². The highest BCUT2D eigenvalue weighted by Gasteiger charge is 2.23. The topological polar surface area (TPSA) is 45.9 Å². The molecule has 4 rings (SSSR count). The number of imidazole rings is 1. The van der Waals surface area contributed by atoms with E-state index in [9.17, 15) is 0 Å². The zero-order valence-corrected chi connectivity index (χ0v) is 14.6. The van der Waals surface area contributed by atoms with E-state index in [1.54, 1.807) is 11.3 Å². The maximum atomic E-state index is 5.42. The fourth-order valence-electron chi connectivity index (χ4n) is 3.53. The Bertz CT molecular complexity index is 608. The van der Waals surface area contributed by atoms with E-state index in [0.29, 0.717) is 0 Å². The molecule has 126 valence electrons. The second kappa shape index (κ2) is 6.75. The van der Waals surface area contributed by atoms with Crippen LogP contribution in [-0.4, -0.2) is 65.4 Å². The van der Waals surface area contributed by atoms with E-state index in [0.717, 1.165) is 61.1 Å². The number of rotatable bonds is 4. The van der Waals surface area contributed by atoms with Crippen molar-refractivity contribution < 1.29 is 4.74 Å². The van der Waals surface area contributed by atoms with Gasteiger partial charge < -0.3 is 9.64 Å². The van der Waals surface area contributed by atoms with E-state index in [1.165, 1.54) is 25.8 Å². The Hall–Kier alpha value is -1.18. The van der Waals surface area contributed by atoms with Crippen molar-refractivity contribution in [3.05, 3.63) is 11.9 Å². The lowest BCUT2D eigenvalue weighted by molar-refractivity contribution is 0.0349. The second-order valence-electron chi connectivity index (χ2n) is 6.67. The quantitative estimate of drug-likeness (QED) is 0.856. The molecule has 2 saturated heterocycles. The van der Waals surface area contributed by atoms with Gasteiger partial charge in [0.1, 0.15) is 0 Å². The van der Waals surface area contributed by atoms with Crippen LogP contribution in [-0.2, 0) is 4.74 Å². The van der Waals surface area contributed by atoms with E-state index in [1.807, 2.05) is 17.6 Å². The smallest absolute Gasteiger partial charge is 0.214 e. The van der Waals surface area contributed by atoms with E-state index >= 15 is 0 Å². The minimum atomic E-state index is 0.861. The molecule has 0 amide bonds. The van der Waals surface area contributed by atoms with Crippen LogP contribution in [0.25, 0.3) is 4.96 Å². The number of hydrogen-bond donors (Lipinski definition) is 0. The minimum Gasteiger partial charge on any atom is -0.379 e. The molecule has 0 spiro atoms. The van der Waals surface area contributed by atoms with Gasteiger partial charge in [0.15, 0.2) is 0 Å². The second-order valence-corrected chi connectivity index (χ2v) is 7.60. The molecule has 2 aliphatic rings. The first-order valence-corrected chi connectivity index (χ1v) is 9.47. The molecule has 0 atom stereocenters. The zero-order chi connectivity index (χ0) is 15.6. The highest BCUT2D eigenvalue weighted by molar-refractivity contribution is 7.20. The van der Waals surface area contributed by atoms with Crippen molar-refractivity contribution in [1.29, 1.82) is 0 Å². The third-order valence-electron chi connectivity index (χ3n) is 5.00. The summed E-state index contributed by atoms with van der Waals surface area (Å²) in [5.41, 5.74) is 1.04. The lowest BCUT2D eigenvalue weighted by atomic mass is 9.93. The number of aryl methyl sites for hydroxylation is 1. The van der Waals surface area contributed by atoms with Crippen molar-refractivity contribution in [2.24, 2.45) is 5.92 Å². The number of anilines is 1. The Kier molecular flexibility index (Phi) is 4.50. The molecule has 4 heterocycles. The SMILES string of the molecule is Cc1cn2nc(N3CCC(CCN4CCOCC4)CC3)sc2n1. The molecule has 2 fully saturated rings. The third kappa shape index (κ3) is 3.51. The number of nitrogens with zero attached hydrogens (tertiary/aromatic N) is 5. The first kappa shape index (κ1) is 15.4. The fraction of sp³-hybridized carbons (Fsp3) is 0.750. The van der Waals surface area contributed by atoms with Gasteiger partial charge in [-0.2, -0.15) is 0 Å². The molecule has 0 radical (unpaired) electrons. The van der Waals surface area contributed by atoms with Crippen molar-refractivity contribution in [2.45, 2.75) is 26.2 Å². The van der Waals surface area contributed by atoms with E-state index in [2.05, 4.69) is 19.9 Å². The Morgan fingerprint density at radius 2 is 2.00 bits per heavy atom. The van der Waals surface area contributed by atoms with Crippen LogP contribution in [0, 0.1) is 12.8 Å². The molecule has 0 aliphatic carbocycles. The molecular weight excluding hydrogens is 310 g/mol. The van der Waals surface area contributed by atoms with E-state index < -0.39 is 0 Å². The molecule has 7 heteroatoms. The third-order valence-corrected chi connectivity index (χ3v) is 5.98. The number of fused-ring (bicyclic) bond motifs is 1. The molecule has 2 aromatic rings. The number of aromatic nitrogens is 3. The van der Waals surface area contributed by atoms with Crippen LogP contribution in [0.4, 0.5) is 5.13 Å². The molecule has 0 unspecified atom stereocenters. The molecular formula is C16H25N5OS. The van der Waals surface area contributed by atoms with Crippen LogP contribution < -0.4 is 4.90 Å². The summed E-state index contributed by atoms with van der Waals surface area (Å²) in [6.45, 7) is 9.54. The van der Waals surface area contributed by atoms with Crippen molar-refractivity contribution >= 4 is 21.4 Å². The van der Waals surface area contributed by atoms with Gasteiger partial charge in [-0.05, 0) is 38.6 Å². The number of ether oxygens (including phenoxy) is 1. The molecule has 0 bridgehead atoms. The van der Waals surface area contributed by atoms with Crippen LogP contribution in [0.1, 0.15) is 25.0 Å². The lowest BCUT2D eigenvalue weighted by Crippen LogP contribution is -2.39. The van der Waals surface area contributed by atoms with Gasteiger partial charge in [-0.3, -0.25) is 4.90 Å². The summed E-state index contributed by atoms with van der Waals surface area (Å²) >= 11 is 1.71. The summed E-state index contributed by atoms with van der Waals surface area (Å²) in [5, 5.41) is 5.80. The number of morpholine rings is 1. The maximum Gasteiger partial charge on any atom is 0.214 e. The van der Waals surface area contributed by atoms with Crippen LogP contribution in [0.5, 0.6) is 0 Å². The Morgan fingerprint density at radius 1 is 1.22 bits per heavy atom. The number of piperidine rings is 1. The van der Waals surface area contributed by atoms with Crippen molar-refractivity contribution in [3.8, 4) is 0 Å². The van der Waals surface area contributed by atoms with Gasteiger partial charge in [0.05, 0.1) is 25.1 Å². The molecule has 0 aromatic carbocycles. The molecule has 6 nitrogen and oxygen atoms in total. The van der Waals surface area contributed by atoms with Crippen molar-refractivity contribution in [3.63, 3.8) is 0 Å². The summed E-state index contributed by atoms with van der Waals surface area (Å²) in [6.07, 6.45) is 5.90. The summed E-state index contributed by atoms with van der Waals surface area (Å²) in [6, 6.07) is 0. The Morgan fingerprint density at radius 3 is 2.74 bits per heavy atom. The van der Waals surface area contributed by atoms with E-state index in [4.69, 9.17) is 4.74 Å². The molecule has 23 heavy (non-hydrogen) atoms. The summed E-state index contributed by atoms with van der Waals surface area (Å²) < 4.78 is 7.34. The summed E-state index contributed by atoms with van der Waals surface area (Å²) in [4.78, 5) is 10.5. The lowest BCUT2D eigenvalue weighted by Gasteiger charge is -2.33. The first-order valence-electron chi connectivity index (χ1n) is 8.66. The number of hydrogen-bond acceptors (Lipinski definition) is 6. The molecule has 0 saturated carbocycles. The van der Waals surface area contributed by atoms with Gasteiger partial charge in [-0.15, -0.1) is 5.10 Å². The predicted molar refractivity (Wildman–Crippen MR) is 92.4 cm³/mol. The average molecular weight is 335 g/mol. The normalized spacial score (nSPS) is 21.3. The van der Waals surface area contributed by atoms with Gasteiger partial charge in [-0.25, -0.2) is 9.50 Å². The Labute approximate surface area is 141 Å². The van der Waals surface area contributed by atoms with Crippen LogP contribution in [0.2, 0.25) is 0 Å². The van der Waals surface area contributed by atoms with Gasteiger partial charge in [0.25, 0.3) is 0 Å². The minimum absolute atomic E-state index is 0.861. The maximum absolute atomic E-state index is 5.42. The first-order chi connectivity index (χ1) is 11.3. The van der Waals surface area contributed by atoms with Gasteiger partial charge in [0, 0.05) is 26.2 Å². The largest absolute Gasteiger partial charge is 0.379 e. The summed E-state index contributed by atoms with van der Waals surface area (Å²) in [7, 11) is 0. The monoisotopic (exact) mass is 335 g/mol.